The third-order valence-electron chi connectivity index (χ3n) is 5.23. The van der Waals surface area contributed by atoms with Crippen molar-refractivity contribution in [1.82, 2.24) is 4.90 Å². The molecule has 1 unspecified atom stereocenters. The summed E-state index contributed by atoms with van der Waals surface area (Å²) >= 11 is 7.47. The maximum Gasteiger partial charge on any atom is 0.239 e. The molecule has 0 bridgehead atoms. The minimum absolute atomic E-state index is 0.143. The van der Waals surface area contributed by atoms with Crippen molar-refractivity contribution in [3.8, 4) is 0 Å². The highest BCUT2D eigenvalue weighted by Crippen LogP contribution is 2.38. The Balaban J connectivity index is 1.58. The third-order valence-corrected chi connectivity index (χ3v) is 6.59. The molecule has 29 heavy (non-hydrogen) atoms. The van der Waals surface area contributed by atoms with Gasteiger partial charge in [-0.15, -0.1) is 11.3 Å². The highest BCUT2D eigenvalue weighted by atomic mass is 35.5. The van der Waals surface area contributed by atoms with Gasteiger partial charge in [0.05, 0.1) is 31.4 Å². The minimum atomic E-state index is -0.386. The van der Waals surface area contributed by atoms with Crippen molar-refractivity contribution in [1.29, 1.82) is 0 Å². The van der Waals surface area contributed by atoms with Gasteiger partial charge in [-0.1, -0.05) is 23.7 Å². The summed E-state index contributed by atoms with van der Waals surface area (Å²) in [4.78, 5) is 28.9. The minimum Gasteiger partial charge on any atom is -0.392 e. The van der Waals surface area contributed by atoms with Crippen LogP contribution in [0.1, 0.15) is 39.2 Å². The van der Waals surface area contributed by atoms with Crippen molar-refractivity contribution in [2.75, 3.05) is 31.6 Å². The number of hydrogen-bond donors (Lipinski definition) is 2. The van der Waals surface area contributed by atoms with Gasteiger partial charge in [0, 0.05) is 22.0 Å². The number of fused-ring (bicyclic) bond motifs is 1. The summed E-state index contributed by atoms with van der Waals surface area (Å²) in [6.45, 7) is 2.48. The lowest BCUT2D eigenvalue weighted by Gasteiger charge is -2.29. The van der Waals surface area contributed by atoms with E-state index in [0.29, 0.717) is 47.3 Å². The second kappa shape index (κ2) is 8.93. The third kappa shape index (κ3) is 4.70. The van der Waals surface area contributed by atoms with Crippen molar-refractivity contribution in [2.45, 2.75) is 32.0 Å². The zero-order valence-corrected chi connectivity index (χ0v) is 17.5. The number of piperidine rings is 1. The van der Waals surface area contributed by atoms with Crippen LogP contribution in [-0.2, 0) is 22.6 Å². The molecule has 0 saturated carbocycles. The number of hydrogen-bond acceptors (Lipinski definition) is 6. The molecule has 2 N–H and O–H groups in total. The SMILES string of the molecule is O=C(CN1CCCC(O)C1)Nc1sc2c(c1C(=O)c1cccc(Cl)c1)CCOC2. The van der Waals surface area contributed by atoms with Gasteiger partial charge in [-0.05, 0) is 43.5 Å². The van der Waals surface area contributed by atoms with Crippen LogP contribution in [0.5, 0.6) is 0 Å². The van der Waals surface area contributed by atoms with E-state index < -0.39 is 0 Å². The second-order valence-electron chi connectivity index (χ2n) is 7.43. The molecule has 8 heteroatoms. The lowest BCUT2D eigenvalue weighted by Crippen LogP contribution is -2.42. The fourth-order valence-corrected chi connectivity index (χ4v) is 5.27. The Hall–Kier alpha value is -1.77. The standard InChI is InChI=1S/C21H23ClN2O4S/c22-14-4-1-3-13(9-14)20(27)19-16-6-8-28-12-17(16)29-21(19)23-18(26)11-24-7-2-5-15(25)10-24/h1,3-4,9,15,25H,2,5-8,10-12H2,(H,23,26). The molecular formula is C21H23ClN2O4S. The maximum atomic E-state index is 13.3. The number of nitrogens with zero attached hydrogens (tertiary/aromatic N) is 1. The molecule has 1 amide bonds. The molecule has 0 radical (unpaired) electrons. The van der Waals surface area contributed by atoms with Gasteiger partial charge in [-0.2, -0.15) is 0 Å². The summed E-state index contributed by atoms with van der Waals surface area (Å²) in [7, 11) is 0. The predicted molar refractivity (Wildman–Crippen MR) is 113 cm³/mol. The van der Waals surface area contributed by atoms with E-state index in [0.717, 1.165) is 29.8 Å². The average molecular weight is 435 g/mol. The number of aliphatic hydroxyl groups excluding tert-OH is 1. The molecule has 2 aliphatic heterocycles. The number of carbonyl (C=O) groups is 2. The zero-order valence-electron chi connectivity index (χ0n) is 15.9. The quantitative estimate of drug-likeness (QED) is 0.707. The first kappa shape index (κ1) is 20.5. The number of ketones is 1. The summed E-state index contributed by atoms with van der Waals surface area (Å²) in [5.41, 5.74) is 2.00. The van der Waals surface area contributed by atoms with Gasteiger partial charge in [-0.3, -0.25) is 14.5 Å². The van der Waals surface area contributed by atoms with Crippen LogP contribution >= 0.6 is 22.9 Å². The summed E-state index contributed by atoms with van der Waals surface area (Å²) in [6, 6.07) is 6.86. The van der Waals surface area contributed by atoms with E-state index in [9.17, 15) is 14.7 Å². The number of halogens is 1. The van der Waals surface area contributed by atoms with E-state index in [2.05, 4.69) is 5.32 Å². The molecule has 154 valence electrons. The first-order valence-corrected chi connectivity index (χ1v) is 10.9. The number of likely N-dealkylation sites (tertiary alicyclic amines) is 1. The number of rotatable bonds is 5. The van der Waals surface area contributed by atoms with Crippen molar-refractivity contribution in [2.24, 2.45) is 0 Å². The number of amides is 1. The van der Waals surface area contributed by atoms with Crippen LogP contribution in [0, 0.1) is 0 Å². The van der Waals surface area contributed by atoms with E-state index in [4.69, 9.17) is 16.3 Å². The van der Waals surface area contributed by atoms with Gasteiger partial charge in [0.1, 0.15) is 5.00 Å². The molecule has 0 spiro atoms. The summed E-state index contributed by atoms with van der Waals surface area (Å²) in [6.07, 6.45) is 1.90. The van der Waals surface area contributed by atoms with Gasteiger partial charge >= 0.3 is 0 Å². The summed E-state index contributed by atoms with van der Waals surface area (Å²) < 4.78 is 5.54. The average Bonchev–Trinajstić information content (AvgIpc) is 3.05. The largest absolute Gasteiger partial charge is 0.392 e. The first-order chi connectivity index (χ1) is 14.0. The molecule has 3 heterocycles. The van der Waals surface area contributed by atoms with E-state index in [1.807, 2.05) is 4.90 Å². The van der Waals surface area contributed by atoms with Crippen molar-refractivity contribution >= 4 is 39.6 Å². The molecule has 0 aliphatic carbocycles. The van der Waals surface area contributed by atoms with E-state index in [-0.39, 0.29) is 24.3 Å². The number of benzene rings is 1. The highest BCUT2D eigenvalue weighted by molar-refractivity contribution is 7.17. The van der Waals surface area contributed by atoms with E-state index >= 15 is 0 Å². The lowest BCUT2D eigenvalue weighted by atomic mass is 9.97. The lowest BCUT2D eigenvalue weighted by molar-refractivity contribution is -0.117. The van der Waals surface area contributed by atoms with Crippen LogP contribution in [0.3, 0.4) is 0 Å². The number of ether oxygens (including phenoxy) is 1. The Morgan fingerprint density at radius 3 is 3.03 bits per heavy atom. The van der Waals surface area contributed by atoms with E-state index in [1.165, 1.54) is 11.3 Å². The van der Waals surface area contributed by atoms with Crippen LogP contribution in [-0.4, -0.2) is 54.0 Å². The number of anilines is 1. The van der Waals surface area contributed by atoms with Crippen LogP contribution < -0.4 is 5.32 Å². The van der Waals surface area contributed by atoms with Crippen molar-refractivity contribution < 1.29 is 19.4 Å². The molecule has 4 rings (SSSR count). The van der Waals surface area contributed by atoms with Crippen LogP contribution in [0.4, 0.5) is 5.00 Å². The Morgan fingerprint density at radius 2 is 2.24 bits per heavy atom. The molecule has 6 nitrogen and oxygen atoms in total. The number of thiophene rings is 1. The zero-order chi connectivity index (χ0) is 20.4. The number of aliphatic hydroxyl groups is 1. The molecule has 1 aromatic heterocycles. The Bertz CT molecular complexity index is 929. The predicted octanol–water partition coefficient (Wildman–Crippen LogP) is 3.10. The first-order valence-electron chi connectivity index (χ1n) is 9.74. The molecule has 1 fully saturated rings. The van der Waals surface area contributed by atoms with Gasteiger partial charge in [0.15, 0.2) is 5.78 Å². The van der Waals surface area contributed by atoms with Gasteiger partial charge < -0.3 is 15.2 Å². The van der Waals surface area contributed by atoms with Gasteiger partial charge in [0.2, 0.25) is 5.91 Å². The Kier molecular flexibility index (Phi) is 6.32. The molecular weight excluding hydrogens is 412 g/mol. The molecule has 2 aliphatic rings. The number of nitrogens with one attached hydrogen (secondary N) is 1. The highest BCUT2D eigenvalue weighted by Gasteiger charge is 2.28. The summed E-state index contributed by atoms with van der Waals surface area (Å²) in [5.74, 6) is -0.325. The monoisotopic (exact) mass is 434 g/mol. The van der Waals surface area contributed by atoms with E-state index in [1.54, 1.807) is 24.3 Å². The normalized spacial score (nSPS) is 19.6. The Labute approximate surface area is 178 Å². The van der Waals surface area contributed by atoms with Crippen LogP contribution in [0.2, 0.25) is 5.02 Å². The number of carbonyl (C=O) groups excluding carboxylic acids is 2. The molecule has 1 aromatic carbocycles. The smallest absolute Gasteiger partial charge is 0.239 e. The maximum absolute atomic E-state index is 13.3. The molecule has 1 atom stereocenters. The fourth-order valence-electron chi connectivity index (χ4n) is 3.88. The fraction of sp³-hybridized carbons (Fsp3) is 0.429. The number of β-amino-alcohol motifs (C(OH)–C–C–N with tert-alkyl or cyclic N) is 1. The van der Waals surface area contributed by atoms with Crippen LogP contribution in [0.15, 0.2) is 24.3 Å². The Morgan fingerprint density at radius 1 is 1.38 bits per heavy atom. The van der Waals surface area contributed by atoms with Gasteiger partial charge in [-0.25, -0.2) is 0 Å². The van der Waals surface area contributed by atoms with Crippen molar-refractivity contribution in [3.63, 3.8) is 0 Å². The van der Waals surface area contributed by atoms with Crippen molar-refractivity contribution in [3.05, 3.63) is 50.9 Å². The molecule has 2 aromatic rings. The van der Waals surface area contributed by atoms with Crippen LogP contribution in [0.25, 0.3) is 0 Å². The second-order valence-corrected chi connectivity index (χ2v) is 8.97. The topological polar surface area (TPSA) is 78.9 Å². The summed E-state index contributed by atoms with van der Waals surface area (Å²) in [5, 5.41) is 13.8. The van der Waals surface area contributed by atoms with Gasteiger partial charge in [0.25, 0.3) is 0 Å². The molecule has 1 saturated heterocycles.